The molecule has 2 rings (SSSR count). The number of rotatable bonds is 1. The summed E-state index contributed by atoms with van der Waals surface area (Å²) in [7, 11) is 1.27. The predicted octanol–water partition coefficient (Wildman–Crippen LogP) is 1.96. The van der Waals surface area contributed by atoms with E-state index in [1.54, 1.807) is 18.2 Å². The summed E-state index contributed by atoms with van der Waals surface area (Å²) in [5.74, 6) is -0.213. The highest BCUT2D eigenvalue weighted by atomic mass is 79.9. The molecule has 84 valence electrons. The monoisotopic (exact) mass is 284 g/mol. The Morgan fingerprint density at radius 1 is 1.56 bits per heavy atom. The zero-order valence-corrected chi connectivity index (χ0v) is 10.1. The third-order valence-corrected chi connectivity index (χ3v) is 2.84. The molecule has 0 saturated carbocycles. The third kappa shape index (κ3) is 1.95. The number of benzene rings is 1. The molecule has 0 aromatic heterocycles. The molecule has 1 heterocycles. The van der Waals surface area contributed by atoms with Gasteiger partial charge in [0.2, 0.25) is 6.10 Å². The van der Waals surface area contributed by atoms with Crippen LogP contribution in [0.4, 0.5) is 0 Å². The molecule has 0 fully saturated rings. The summed E-state index contributed by atoms with van der Waals surface area (Å²) in [5, 5.41) is 0. The first-order chi connectivity index (χ1) is 7.61. The van der Waals surface area contributed by atoms with Gasteiger partial charge in [0, 0.05) is 4.47 Å². The number of carbonyl (C=O) groups excluding carboxylic acids is 2. The normalized spacial score (nSPS) is 18.6. The van der Waals surface area contributed by atoms with Gasteiger partial charge in [-0.3, -0.25) is 4.79 Å². The Morgan fingerprint density at radius 2 is 2.31 bits per heavy atom. The molecular formula is C11H9BrO4. The standard InChI is InChI=1S/C11H9BrO4/c1-15-11(14)10-5-8(13)7-4-6(12)2-3-9(7)16-10/h2-4,10H,5H2,1H3. The molecule has 0 bridgehead atoms. The van der Waals surface area contributed by atoms with E-state index in [0.29, 0.717) is 11.3 Å². The fraction of sp³-hybridized carbons (Fsp3) is 0.273. The number of Topliss-reactive ketones (excluding diaryl/α,β-unsaturated/α-hetero) is 1. The first kappa shape index (κ1) is 11.1. The minimum Gasteiger partial charge on any atom is -0.477 e. The number of methoxy groups -OCH3 is 1. The average Bonchev–Trinajstić information content (AvgIpc) is 2.28. The van der Waals surface area contributed by atoms with Crippen LogP contribution in [-0.2, 0) is 9.53 Å². The molecule has 5 heteroatoms. The van der Waals surface area contributed by atoms with Crippen LogP contribution in [-0.4, -0.2) is 25.0 Å². The van der Waals surface area contributed by atoms with E-state index in [4.69, 9.17) is 4.74 Å². The average molecular weight is 285 g/mol. The minimum atomic E-state index is -0.828. The van der Waals surface area contributed by atoms with E-state index in [9.17, 15) is 9.59 Å². The van der Waals surface area contributed by atoms with Gasteiger partial charge < -0.3 is 9.47 Å². The molecule has 1 aliphatic heterocycles. The number of ether oxygens (including phenoxy) is 2. The van der Waals surface area contributed by atoms with Gasteiger partial charge in [-0.05, 0) is 18.2 Å². The summed E-state index contributed by atoms with van der Waals surface area (Å²) >= 11 is 3.28. The minimum absolute atomic E-state index is 0.0239. The number of hydrogen-bond acceptors (Lipinski definition) is 4. The highest BCUT2D eigenvalue weighted by molar-refractivity contribution is 9.10. The second kappa shape index (κ2) is 4.25. The summed E-state index contributed by atoms with van der Waals surface area (Å²) in [6, 6.07) is 5.10. The third-order valence-electron chi connectivity index (χ3n) is 2.35. The fourth-order valence-electron chi connectivity index (χ4n) is 1.56. The molecule has 0 saturated heterocycles. The molecule has 1 atom stereocenters. The number of carbonyl (C=O) groups is 2. The lowest BCUT2D eigenvalue weighted by Crippen LogP contribution is -2.34. The van der Waals surface area contributed by atoms with Gasteiger partial charge in [-0.25, -0.2) is 4.79 Å². The number of hydrogen-bond donors (Lipinski definition) is 0. The maximum Gasteiger partial charge on any atom is 0.347 e. The van der Waals surface area contributed by atoms with Crippen molar-refractivity contribution in [1.29, 1.82) is 0 Å². The lowest BCUT2D eigenvalue weighted by Gasteiger charge is -2.23. The van der Waals surface area contributed by atoms with E-state index in [2.05, 4.69) is 20.7 Å². The lowest BCUT2D eigenvalue weighted by atomic mass is 10.0. The maximum absolute atomic E-state index is 11.8. The quantitative estimate of drug-likeness (QED) is 0.740. The van der Waals surface area contributed by atoms with Crippen molar-refractivity contribution in [3.8, 4) is 5.75 Å². The van der Waals surface area contributed by atoms with Crippen molar-refractivity contribution in [1.82, 2.24) is 0 Å². The number of fused-ring (bicyclic) bond motifs is 1. The van der Waals surface area contributed by atoms with Crippen LogP contribution in [0.1, 0.15) is 16.8 Å². The lowest BCUT2D eigenvalue weighted by molar-refractivity contribution is -0.148. The van der Waals surface area contributed by atoms with Crippen molar-refractivity contribution in [2.24, 2.45) is 0 Å². The van der Waals surface area contributed by atoms with Gasteiger partial charge in [0.25, 0.3) is 0 Å². The Morgan fingerprint density at radius 3 is 3.00 bits per heavy atom. The van der Waals surface area contributed by atoms with Crippen LogP contribution >= 0.6 is 15.9 Å². The molecule has 0 aliphatic carbocycles. The highest BCUT2D eigenvalue weighted by Gasteiger charge is 2.32. The van der Waals surface area contributed by atoms with Gasteiger partial charge in [0.1, 0.15) is 5.75 Å². The number of esters is 1. The summed E-state index contributed by atoms with van der Waals surface area (Å²) in [6.45, 7) is 0. The summed E-state index contributed by atoms with van der Waals surface area (Å²) < 4.78 is 10.8. The van der Waals surface area contributed by atoms with Gasteiger partial charge in [0.05, 0.1) is 19.1 Å². The zero-order valence-electron chi connectivity index (χ0n) is 8.53. The van der Waals surface area contributed by atoms with Crippen molar-refractivity contribution in [3.05, 3.63) is 28.2 Å². The van der Waals surface area contributed by atoms with Gasteiger partial charge in [-0.1, -0.05) is 15.9 Å². The van der Waals surface area contributed by atoms with Crippen LogP contribution in [0.25, 0.3) is 0 Å². The molecular weight excluding hydrogens is 276 g/mol. The first-order valence-corrected chi connectivity index (χ1v) is 5.48. The van der Waals surface area contributed by atoms with Crippen LogP contribution < -0.4 is 4.74 Å². The first-order valence-electron chi connectivity index (χ1n) is 4.69. The molecule has 1 aromatic carbocycles. The van der Waals surface area contributed by atoms with E-state index in [1.807, 2.05) is 0 Å². The molecule has 1 aromatic rings. The molecule has 0 N–H and O–H groups in total. The second-order valence-corrected chi connectivity index (χ2v) is 4.31. The van der Waals surface area contributed by atoms with Crippen molar-refractivity contribution in [3.63, 3.8) is 0 Å². The van der Waals surface area contributed by atoms with Crippen molar-refractivity contribution >= 4 is 27.7 Å². The summed E-state index contributed by atoms with van der Waals surface area (Å²) in [6.07, 6.45) is -0.804. The van der Waals surface area contributed by atoms with E-state index < -0.39 is 12.1 Å². The Labute approximate surface area is 101 Å². The molecule has 0 radical (unpaired) electrons. The zero-order chi connectivity index (χ0) is 11.7. The van der Waals surface area contributed by atoms with Gasteiger partial charge in [0.15, 0.2) is 5.78 Å². The van der Waals surface area contributed by atoms with Crippen LogP contribution in [0.5, 0.6) is 5.75 Å². The fourth-order valence-corrected chi connectivity index (χ4v) is 1.92. The van der Waals surface area contributed by atoms with Crippen molar-refractivity contribution in [2.45, 2.75) is 12.5 Å². The molecule has 0 spiro atoms. The second-order valence-electron chi connectivity index (χ2n) is 3.40. The molecule has 0 amide bonds. The van der Waals surface area contributed by atoms with E-state index >= 15 is 0 Å². The Hall–Kier alpha value is -1.36. The topological polar surface area (TPSA) is 52.6 Å². The summed E-state index contributed by atoms with van der Waals surface area (Å²) in [4.78, 5) is 23.0. The van der Waals surface area contributed by atoms with Gasteiger partial charge in [-0.2, -0.15) is 0 Å². The highest BCUT2D eigenvalue weighted by Crippen LogP contribution is 2.30. The van der Waals surface area contributed by atoms with Crippen LogP contribution in [0.3, 0.4) is 0 Å². The van der Waals surface area contributed by atoms with Crippen LogP contribution in [0.15, 0.2) is 22.7 Å². The Bertz CT molecular complexity index is 455. The maximum atomic E-state index is 11.8. The number of halogens is 1. The van der Waals surface area contributed by atoms with E-state index in [0.717, 1.165) is 4.47 Å². The van der Waals surface area contributed by atoms with Gasteiger partial charge >= 0.3 is 5.97 Å². The number of ketones is 1. The molecule has 4 nitrogen and oxygen atoms in total. The molecule has 16 heavy (non-hydrogen) atoms. The Kier molecular flexibility index (Phi) is 2.96. The van der Waals surface area contributed by atoms with Gasteiger partial charge in [-0.15, -0.1) is 0 Å². The molecule has 1 unspecified atom stereocenters. The predicted molar refractivity (Wildman–Crippen MR) is 59.5 cm³/mol. The van der Waals surface area contributed by atoms with E-state index in [-0.39, 0.29) is 12.2 Å². The van der Waals surface area contributed by atoms with Crippen molar-refractivity contribution < 1.29 is 19.1 Å². The molecule has 1 aliphatic rings. The smallest absolute Gasteiger partial charge is 0.347 e. The summed E-state index contributed by atoms with van der Waals surface area (Å²) in [5.41, 5.74) is 0.495. The largest absolute Gasteiger partial charge is 0.477 e. The Balaban J connectivity index is 2.33. The van der Waals surface area contributed by atoms with Crippen molar-refractivity contribution in [2.75, 3.05) is 7.11 Å². The van der Waals surface area contributed by atoms with E-state index in [1.165, 1.54) is 7.11 Å². The van der Waals surface area contributed by atoms with Crippen LogP contribution in [0, 0.1) is 0 Å². The SMILES string of the molecule is COC(=O)C1CC(=O)c2cc(Br)ccc2O1. The van der Waals surface area contributed by atoms with Crippen LogP contribution in [0.2, 0.25) is 0 Å².